The molecule has 0 aliphatic carbocycles. The van der Waals surface area contributed by atoms with Crippen molar-refractivity contribution in [2.24, 2.45) is 0 Å². The lowest BCUT2D eigenvalue weighted by molar-refractivity contribution is 0.0584. The molecule has 1 aliphatic heterocycles. The minimum atomic E-state index is -0.487. The lowest BCUT2D eigenvalue weighted by Gasteiger charge is -2.25. The molecule has 0 unspecified atom stereocenters. The molecule has 0 fully saturated rings. The van der Waals surface area contributed by atoms with E-state index >= 15 is 0 Å². The van der Waals surface area contributed by atoms with Gasteiger partial charge in [-0.2, -0.15) is 0 Å². The van der Waals surface area contributed by atoms with Crippen molar-refractivity contribution in [1.82, 2.24) is 0 Å². The highest BCUT2D eigenvalue weighted by molar-refractivity contribution is 9.10. The summed E-state index contributed by atoms with van der Waals surface area (Å²) in [5.74, 6) is 0.717. The molecule has 104 valence electrons. The van der Waals surface area contributed by atoms with E-state index in [4.69, 9.17) is 9.47 Å². The topological polar surface area (TPSA) is 38.8 Å². The van der Waals surface area contributed by atoms with E-state index in [0.717, 1.165) is 22.1 Å². The number of ether oxygens (including phenoxy) is 2. The van der Waals surface area contributed by atoms with Crippen molar-refractivity contribution in [3.8, 4) is 5.75 Å². The first-order valence-electron chi connectivity index (χ1n) is 6.19. The van der Waals surface area contributed by atoms with Crippen LogP contribution in [0.5, 0.6) is 5.75 Å². The van der Waals surface area contributed by atoms with Crippen molar-refractivity contribution in [3.05, 3.63) is 22.2 Å². The maximum Gasteiger partial charge on any atom is 0.414 e. The van der Waals surface area contributed by atoms with Gasteiger partial charge in [0.1, 0.15) is 11.4 Å². The molecule has 2 rings (SSSR count). The number of hydrogen-bond acceptors (Lipinski definition) is 3. The number of halogens is 1. The van der Waals surface area contributed by atoms with Gasteiger partial charge in [0.15, 0.2) is 0 Å². The fourth-order valence-electron chi connectivity index (χ4n) is 2.05. The molecule has 0 N–H and O–H groups in total. The second-order valence-corrected chi connectivity index (χ2v) is 6.35. The third kappa shape index (κ3) is 3.03. The Kier molecular flexibility index (Phi) is 3.76. The van der Waals surface area contributed by atoms with Crippen molar-refractivity contribution in [2.75, 3.05) is 18.6 Å². The van der Waals surface area contributed by atoms with Crippen molar-refractivity contribution in [2.45, 2.75) is 32.8 Å². The molecule has 1 aliphatic rings. The molecular weight excluding hydrogens is 310 g/mol. The van der Waals surface area contributed by atoms with E-state index in [1.165, 1.54) is 0 Å². The van der Waals surface area contributed by atoms with Crippen LogP contribution >= 0.6 is 15.9 Å². The van der Waals surface area contributed by atoms with Crippen molar-refractivity contribution < 1.29 is 14.3 Å². The van der Waals surface area contributed by atoms with Gasteiger partial charge in [-0.3, -0.25) is 4.90 Å². The van der Waals surface area contributed by atoms with Crippen molar-refractivity contribution >= 4 is 27.7 Å². The van der Waals surface area contributed by atoms with Crippen LogP contribution < -0.4 is 9.64 Å². The highest BCUT2D eigenvalue weighted by Gasteiger charge is 2.29. The minimum Gasteiger partial charge on any atom is -0.495 e. The lowest BCUT2D eigenvalue weighted by Crippen LogP contribution is -2.35. The molecule has 0 bridgehead atoms. The molecule has 0 radical (unpaired) electrons. The van der Waals surface area contributed by atoms with Gasteiger partial charge < -0.3 is 9.47 Å². The van der Waals surface area contributed by atoms with E-state index in [0.29, 0.717) is 12.3 Å². The summed E-state index contributed by atoms with van der Waals surface area (Å²) in [4.78, 5) is 13.8. The van der Waals surface area contributed by atoms with E-state index in [1.807, 2.05) is 32.9 Å². The Labute approximate surface area is 121 Å². The summed E-state index contributed by atoms with van der Waals surface area (Å²) in [5.41, 5.74) is 1.51. The van der Waals surface area contributed by atoms with Crippen LogP contribution in [0.25, 0.3) is 0 Å². The quantitative estimate of drug-likeness (QED) is 0.788. The second kappa shape index (κ2) is 5.04. The summed E-state index contributed by atoms with van der Waals surface area (Å²) in [5, 5.41) is 0. The van der Waals surface area contributed by atoms with E-state index in [2.05, 4.69) is 15.9 Å². The Balaban J connectivity index is 2.28. The van der Waals surface area contributed by atoms with Crippen LogP contribution in [0.1, 0.15) is 26.3 Å². The fourth-order valence-corrected chi connectivity index (χ4v) is 2.60. The smallest absolute Gasteiger partial charge is 0.414 e. The van der Waals surface area contributed by atoms with Gasteiger partial charge in [-0.05, 0) is 54.8 Å². The van der Waals surface area contributed by atoms with Gasteiger partial charge in [0.25, 0.3) is 0 Å². The maximum absolute atomic E-state index is 12.2. The first kappa shape index (κ1) is 14.2. The Morgan fingerprint density at radius 3 is 2.63 bits per heavy atom. The highest BCUT2D eigenvalue weighted by atomic mass is 79.9. The normalized spacial score (nSPS) is 14.3. The van der Waals surface area contributed by atoms with Gasteiger partial charge in [0.05, 0.1) is 17.3 Å². The number of benzene rings is 1. The number of rotatable bonds is 1. The van der Waals surface area contributed by atoms with Gasteiger partial charge in [0, 0.05) is 12.6 Å². The SMILES string of the molecule is COc1cc2c(cc1Br)CCN2C(=O)OC(C)(C)C. The van der Waals surface area contributed by atoms with E-state index in [1.54, 1.807) is 12.0 Å². The molecule has 0 saturated heterocycles. The molecule has 1 aromatic carbocycles. The standard InChI is InChI=1S/C14H18BrNO3/c1-14(2,3)19-13(17)16-6-5-9-7-10(15)12(18-4)8-11(9)16/h7-8H,5-6H2,1-4H3. The molecule has 0 atom stereocenters. The molecule has 1 aromatic rings. The van der Waals surface area contributed by atoms with E-state index in [-0.39, 0.29) is 6.09 Å². The average Bonchev–Trinajstić information content (AvgIpc) is 2.68. The third-order valence-corrected chi connectivity index (χ3v) is 3.48. The lowest BCUT2D eigenvalue weighted by atomic mass is 10.1. The van der Waals surface area contributed by atoms with Gasteiger partial charge in [-0.1, -0.05) is 0 Å². The summed E-state index contributed by atoms with van der Waals surface area (Å²) in [6.45, 7) is 6.24. The first-order chi connectivity index (χ1) is 8.81. The highest BCUT2D eigenvalue weighted by Crippen LogP contribution is 2.37. The fraction of sp³-hybridized carbons (Fsp3) is 0.500. The number of carbonyl (C=O) groups excluding carboxylic acids is 1. The van der Waals surface area contributed by atoms with Crippen LogP contribution in [0.4, 0.5) is 10.5 Å². The summed E-state index contributed by atoms with van der Waals surface area (Å²) in [7, 11) is 1.61. The van der Waals surface area contributed by atoms with Crippen LogP contribution in [-0.2, 0) is 11.2 Å². The summed E-state index contributed by atoms with van der Waals surface area (Å²) >= 11 is 3.46. The number of hydrogen-bond donors (Lipinski definition) is 0. The maximum atomic E-state index is 12.2. The molecule has 0 spiro atoms. The third-order valence-electron chi connectivity index (χ3n) is 2.86. The zero-order valence-corrected chi connectivity index (χ0v) is 13.2. The van der Waals surface area contributed by atoms with Crippen LogP contribution in [0.3, 0.4) is 0 Å². The Hall–Kier alpha value is -1.23. The molecule has 19 heavy (non-hydrogen) atoms. The second-order valence-electron chi connectivity index (χ2n) is 5.50. The Morgan fingerprint density at radius 2 is 2.05 bits per heavy atom. The molecule has 1 amide bonds. The minimum absolute atomic E-state index is 0.310. The zero-order valence-electron chi connectivity index (χ0n) is 11.6. The molecule has 5 heteroatoms. The predicted molar refractivity (Wildman–Crippen MR) is 78.0 cm³/mol. The van der Waals surface area contributed by atoms with Gasteiger partial charge in [-0.25, -0.2) is 4.79 Å². The van der Waals surface area contributed by atoms with E-state index < -0.39 is 5.60 Å². The van der Waals surface area contributed by atoms with Gasteiger partial charge >= 0.3 is 6.09 Å². The molecule has 4 nitrogen and oxygen atoms in total. The van der Waals surface area contributed by atoms with E-state index in [9.17, 15) is 4.79 Å². The van der Waals surface area contributed by atoms with Crippen LogP contribution in [0, 0.1) is 0 Å². The number of anilines is 1. The largest absolute Gasteiger partial charge is 0.495 e. The average molecular weight is 328 g/mol. The number of fused-ring (bicyclic) bond motifs is 1. The number of carbonyl (C=O) groups is 1. The number of amides is 1. The van der Waals surface area contributed by atoms with Crippen molar-refractivity contribution in [3.63, 3.8) is 0 Å². The Morgan fingerprint density at radius 1 is 1.37 bits per heavy atom. The van der Waals surface area contributed by atoms with Gasteiger partial charge in [-0.15, -0.1) is 0 Å². The van der Waals surface area contributed by atoms with Crippen molar-refractivity contribution in [1.29, 1.82) is 0 Å². The summed E-state index contributed by atoms with van der Waals surface area (Å²) in [6, 6.07) is 3.87. The first-order valence-corrected chi connectivity index (χ1v) is 6.98. The summed E-state index contributed by atoms with van der Waals surface area (Å²) < 4.78 is 11.6. The van der Waals surface area contributed by atoms with Crippen LogP contribution in [0.15, 0.2) is 16.6 Å². The molecular formula is C14H18BrNO3. The van der Waals surface area contributed by atoms with Gasteiger partial charge in [0.2, 0.25) is 0 Å². The zero-order chi connectivity index (χ0) is 14.2. The molecule has 1 heterocycles. The molecule has 0 aromatic heterocycles. The predicted octanol–water partition coefficient (Wildman–Crippen LogP) is 3.76. The van der Waals surface area contributed by atoms with Crippen LogP contribution in [0.2, 0.25) is 0 Å². The van der Waals surface area contributed by atoms with Crippen LogP contribution in [-0.4, -0.2) is 25.3 Å². The Bertz CT molecular complexity index is 508. The molecule has 0 saturated carbocycles. The number of methoxy groups -OCH3 is 1. The number of nitrogens with zero attached hydrogens (tertiary/aromatic N) is 1. The monoisotopic (exact) mass is 327 g/mol. The summed E-state index contributed by atoms with van der Waals surface area (Å²) in [6.07, 6.45) is 0.521.